The lowest BCUT2D eigenvalue weighted by molar-refractivity contribution is 0.650. The summed E-state index contributed by atoms with van der Waals surface area (Å²) in [5.74, 6) is -0.381. The summed E-state index contributed by atoms with van der Waals surface area (Å²) in [6.45, 7) is 32.1. The topological polar surface area (TPSA) is 0 Å². The van der Waals surface area contributed by atoms with Crippen LogP contribution in [0.5, 0.6) is 0 Å². The summed E-state index contributed by atoms with van der Waals surface area (Å²) in [4.78, 5) is 0. The molecule has 0 N–H and O–H groups in total. The number of halogens is 1. The van der Waals surface area contributed by atoms with Crippen LogP contribution >= 0.6 is 0 Å². The molecule has 0 aliphatic heterocycles. The molecule has 0 bridgehead atoms. The molecule has 32 heavy (non-hydrogen) atoms. The van der Waals surface area contributed by atoms with E-state index in [2.05, 4.69) is 73.2 Å². The van der Waals surface area contributed by atoms with E-state index < -0.39 is 0 Å². The van der Waals surface area contributed by atoms with Gasteiger partial charge in [0.15, 0.2) is 0 Å². The Morgan fingerprint density at radius 3 is 1.78 bits per heavy atom. The van der Waals surface area contributed by atoms with Crippen LogP contribution in [0.3, 0.4) is 0 Å². The average molecular weight is 433 g/mol. The minimum Gasteiger partial charge on any atom is -0.206 e. The van der Waals surface area contributed by atoms with E-state index in [0.29, 0.717) is 16.7 Å². The molecule has 1 rings (SSSR count). The molecule has 0 aromatic heterocycles. The van der Waals surface area contributed by atoms with Crippen molar-refractivity contribution in [3.8, 4) is 0 Å². The van der Waals surface area contributed by atoms with E-state index in [-0.39, 0.29) is 5.83 Å². The molecule has 0 unspecified atom stereocenters. The van der Waals surface area contributed by atoms with Crippen LogP contribution in [-0.2, 0) is 0 Å². The maximum absolute atomic E-state index is 14.6. The highest BCUT2D eigenvalue weighted by molar-refractivity contribution is 5.53. The van der Waals surface area contributed by atoms with Crippen molar-refractivity contribution in [1.29, 1.82) is 0 Å². The first-order valence-corrected chi connectivity index (χ1v) is 11.4. The molecule has 0 radical (unpaired) electrons. The summed E-state index contributed by atoms with van der Waals surface area (Å²) in [6.07, 6.45) is 17.7. The lowest BCUT2D eigenvalue weighted by Gasteiger charge is -2.15. The van der Waals surface area contributed by atoms with E-state index in [9.17, 15) is 4.39 Å². The van der Waals surface area contributed by atoms with Crippen molar-refractivity contribution < 1.29 is 4.39 Å². The molecule has 0 heterocycles. The first-order chi connectivity index (χ1) is 15.1. The van der Waals surface area contributed by atoms with Gasteiger partial charge in [-0.1, -0.05) is 116 Å². The molecular weight excluding hydrogens is 391 g/mol. The normalized spacial score (nSPS) is 14.0. The van der Waals surface area contributed by atoms with E-state index in [0.717, 1.165) is 48.0 Å². The lowest BCUT2D eigenvalue weighted by atomic mass is 9.91. The van der Waals surface area contributed by atoms with Gasteiger partial charge in [0, 0.05) is 5.57 Å². The predicted octanol–water partition coefficient (Wildman–Crippen LogP) is 10.2. The summed E-state index contributed by atoms with van der Waals surface area (Å²) < 4.78 is 14.6. The number of rotatable bonds is 11. The molecular formula is C31H41F. The molecule has 1 heteroatoms. The highest BCUT2D eigenvalue weighted by Gasteiger charge is 2.12. The molecule has 0 aromatic carbocycles. The molecule has 0 nitrogen and oxygen atoms in total. The fourth-order valence-corrected chi connectivity index (χ4v) is 2.75. The molecule has 172 valence electrons. The lowest BCUT2D eigenvalue weighted by Crippen LogP contribution is -1.97. The van der Waals surface area contributed by atoms with Crippen molar-refractivity contribution in [2.45, 2.75) is 59.8 Å². The number of hydrogen-bond donors (Lipinski definition) is 0. The molecule has 1 aliphatic rings. The van der Waals surface area contributed by atoms with Crippen molar-refractivity contribution in [1.82, 2.24) is 0 Å². The van der Waals surface area contributed by atoms with Crippen LogP contribution in [0, 0.1) is 0 Å². The third-order valence-electron chi connectivity index (χ3n) is 5.01. The maximum Gasteiger partial charge on any atom is 0.130 e. The second-order valence-corrected chi connectivity index (χ2v) is 7.76. The van der Waals surface area contributed by atoms with Crippen LogP contribution in [0.25, 0.3) is 0 Å². The molecule has 0 spiro atoms. The quantitative estimate of drug-likeness (QED) is 0.285. The largest absolute Gasteiger partial charge is 0.206 e. The summed E-state index contributed by atoms with van der Waals surface area (Å²) in [5.41, 5.74) is 6.47. The second kappa shape index (κ2) is 15.8. The Bertz CT molecular complexity index is 891. The third kappa shape index (κ3) is 10.4. The molecule has 0 saturated carbocycles. The van der Waals surface area contributed by atoms with Gasteiger partial charge in [0.1, 0.15) is 5.83 Å². The Hall–Kier alpha value is -2.93. The number of hydrogen-bond acceptors (Lipinski definition) is 0. The van der Waals surface area contributed by atoms with Crippen molar-refractivity contribution in [3.63, 3.8) is 0 Å². The Labute approximate surface area is 196 Å². The highest BCUT2D eigenvalue weighted by atomic mass is 19.1. The van der Waals surface area contributed by atoms with Crippen LogP contribution in [0.1, 0.15) is 59.8 Å². The smallest absolute Gasteiger partial charge is 0.130 e. The summed E-state index contributed by atoms with van der Waals surface area (Å²) in [5, 5.41) is 0. The summed E-state index contributed by atoms with van der Waals surface area (Å²) in [7, 11) is 0. The molecule has 1 aliphatic carbocycles. The van der Waals surface area contributed by atoms with Gasteiger partial charge in [0.05, 0.1) is 0 Å². The van der Waals surface area contributed by atoms with Crippen molar-refractivity contribution in [2.24, 2.45) is 0 Å². The fraction of sp³-hybridized carbons (Fsp3) is 0.290. The first-order valence-electron chi connectivity index (χ1n) is 11.4. The van der Waals surface area contributed by atoms with E-state index >= 15 is 0 Å². The minimum absolute atomic E-state index is 0.381. The maximum atomic E-state index is 14.6. The van der Waals surface area contributed by atoms with Crippen molar-refractivity contribution in [3.05, 3.63) is 132 Å². The van der Waals surface area contributed by atoms with E-state index in [1.165, 1.54) is 18.1 Å². The van der Waals surface area contributed by atoms with Gasteiger partial charge in [-0.05, 0) is 65.2 Å². The SMILES string of the molecule is C=C/C(=C\C(=C)C(=C)/C=C\C(=C)C(=C)/C=C(/F)C(=C)C1=CC=C(CC)CC1)CC.CCC. The van der Waals surface area contributed by atoms with Gasteiger partial charge >= 0.3 is 0 Å². The third-order valence-corrected chi connectivity index (χ3v) is 5.01. The van der Waals surface area contributed by atoms with Gasteiger partial charge in [-0.25, -0.2) is 4.39 Å². The van der Waals surface area contributed by atoms with Crippen LogP contribution in [0.2, 0.25) is 0 Å². The van der Waals surface area contributed by atoms with E-state index in [1.54, 1.807) is 6.08 Å². The zero-order valence-corrected chi connectivity index (χ0v) is 20.7. The summed E-state index contributed by atoms with van der Waals surface area (Å²) in [6, 6.07) is 0. The molecule has 0 fully saturated rings. The van der Waals surface area contributed by atoms with Crippen LogP contribution in [-0.4, -0.2) is 0 Å². The zero-order chi connectivity index (χ0) is 24.7. The average Bonchev–Trinajstić information content (AvgIpc) is 2.80. The van der Waals surface area contributed by atoms with Gasteiger partial charge in [0.2, 0.25) is 0 Å². The van der Waals surface area contributed by atoms with Gasteiger partial charge in [-0.2, -0.15) is 0 Å². The Kier molecular flexibility index (Phi) is 14.4. The van der Waals surface area contributed by atoms with Gasteiger partial charge in [-0.3, -0.25) is 0 Å². The van der Waals surface area contributed by atoms with Gasteiger partial charge < -0.3 is 0 Å². The van der Waals surface area contributed by atoms with E-state index in [4.69, 9.17) is 0 Å². The monoisotopic (exact) mass is 432 g/mol. The molecule has 0 amide bonds. The van der Waals surface area contributed by atoms with Gasteiger partial charge in [-0.15, -0.1) is 0 Å². The summed E-state index contributed by atoms with van der Waals surface area (Å²) >= 11 is 0. The Morgan fingerprint density at radius 2 is 1.38 bits per heavy atom. The van der Waals surface area contributed by atoms with Crippen molar-refractivity contribution in [2.75, 3.05) is 0 Å². The van der Waals surface area contributed by atoms with E-state index in [1.807, 2.05) is 24.3 Å². The van der Waals surface area contributed by atoms with Crippen LogP contribution in [0.15, 0.2) is 132 Å². The number of allylic oxidation sites excluding steroid dienone is 16. The van der Waals surface area contributed by atoms with Gasteiger partial charge in [0.25, 0.3) is 0 Å². The predicted molar refractivity (Wildman–Crippen MR) is 144 cm³/mol. The minimum atomic E-state index is -0.381. The fourth-order valence-electron chi connectivity index (χ4n) is 2.75. The highest BCUT2D eigenvalue weighted by Crippen LogP contribution is 2.30. The Balaban J connectivity index is 0.00000302. The zero-order valence-electron chi connectivity index (χ0n) is 20.7. The van der Waals surface area contributed by atoms with Crippen molar-refractivity contribution >= 4 is 0 Å². The molecule has 0 aromatic rings. The van der Waals surface area contributed by atoms with Crippen LogP contribution in [0.4, 0.5) is 4.39 Å². The molecule has 0 atom stereocenters. The Morgan fingerprint density at radius 1 is 0.844 bits per heavy atom. The molecule has 0 saturated heterocycles. The second-order valence-electron chi connectivity index (χ2n) is 7.76. The first kappa shape index (κ1) is 29.1. The van der Waals surface area contributed by atoms with Crippen LogP contribution < -0.4 is 0 Å². The standard InChI is InChI=1S/C28H33F.C3H8/c1-9-25(10-2)18-22(6)20(4)12-13-21(5)23(7)19-28(29)24(8)27-16-14-26(11-3)15-17-27;1-3-2/h9,12-14,16,18-19H,1,4-8,10-11,15,17H2,2-3H3;3H2,1-2H3/b13-12-,25-18+,28-19+;.